The molecule has 0 atom stereocenters. The molecule has 1 aliphatic rings. The summed E-state index contributed by atoms with van der Waals surface area (Å²) in [4.78, 5) is 22.3. The number of rotatable bonds is 2. The van der Waals surface area contributed by atoms with Gasteiger partial charge in [0, 0.05) is 6.20 Å². The van der Waals surface area contributed by atoms with Crippen molar-refractivity contribution in [3.05, 3.63) is 22.1 Å². The number of aromatic nitrogens is 2. The van der Waals surface area contributed by atoms with Crippen LogP contribution in [0.3, 0.4) is 0 Å². The molecule has 0 saturated heterocycles. The molecule has 1 aliphatic carbocycles. The quantitative estimate of drug-likeness (QED) is 0.774. The molecule has 0 bridgehead atoms. The van der Waals surface area contributed by atoms with Crippen molar-refractivity contribution in [3.63, 3.8) is 0 Å². The van der Waals surface area contributed by atoms with Crippen LogP contribution < -0.4 is 5.56 Å². The molecule has 2 N–H and O–H groups in total. The number of carboxylic acids is 1. The van der Waals surface area contributed by atoms with Gasteiger partial charge in [-0.2, -0.15) is 0 Å². The highest BCUT2D eigenvalue weighted by Crippen LogP contribution is 2.26. The van der Waals surface area contributed by atoms with E-state index in [1.54, 1.807) is 0 Å². The van der Waals surface area contributed by atoms with Crippen molar-refractivity contribution >= 4 is 5.97 Å². The van der Waals surface area contributed by atoms with Crippen LogP contribution in [0.15, 0.2) is 11.0 Å². The van der Waals surface area contributed by atoms with E-state index >= 15 is 0 Å². The average Bonchev–Trinajstić information content (AvgIpc) is 2.61. The molecule has 0 aromatic carbocycles. The minimum atomic E-state index is -1.16. The third-order valence-corrected chi connectivity index (χ3v) is 2.97. The zero-order chi connectivity index (χ0) is 10.8. The maximum absolute atomic E-state index is 11.7. The summed E-state index contributed by atoms with van der Waals surface area (Å²) in [6, 6.07) is 0.152. The van der Waals surface area contributed by atoms with Crippen molar-refractivity contribution in [2.75, 3.05) is 0 Å². The van der Waals surface area contributed by atoms with Gasteiger partial charge in [-0.25, -0.2) is 9.48 Å². The van der Waals surface area contributed by atoms with Gasteiger partial charge in [-0.1, -0.05) is 19.3 Å². The monoisotopic (exact) mass is 210 g/mol. The van der Waals surface area contributed by atoms with Gasteiger partial charge in [0.2, 0.25) is 0 Å². The Morgan fingerprint density at radius 2 is 2.07 bits per heavy atom. The van der Waals surface area contributed by atoms with Crippen LogP contribution in [0, 0.1) is 0 Å². The number of carbonyl (C=O) groups is 1. The van der Waals surface area contributed by atoms with E-state index in [1.807, 2.05) is 0 Å². The van der Waals surface area contributed by atoms with Crippen LogP contribution in [-0.4, -0.2) is 20.9 Å². The van der Waals surface area contributed by atoms with Gasteiger partial charge in [0.15, 0.2) is 0 Å². The average molecular weight is 210 g/mol. The van der Waals surface area contributed by atoms with Gasteiger partial charge in [0.25, 0.3) is 5.56 Å². The van der Waals surface area contributed by atoms with Crippen molar-refractivity contribution in [1.29, 1.82) is 0 Å². The number of aromatic carboxylic acids is 1. The Balaban J connectivity index is 2.28. The highest BCUT2D eigenvalue weighted by Gasteiger charge is 2.20. The fraction of sp³-hybridized carbons (Fsp3) is 0.600. The number of aromatic amines is 1. The Morgan fingerprint density at radius 3 is 2.60 bits per heavy atom. The van der Waals surface area contributed by atoms with Crippen molar-refractivity contribution in [1.82, 2.24) is 9.78 Å². The van der Waals surface area contributed by atoms with Crippen LogP contribution in [0.25, 0.3) is 0 Å². The Labute approximate surface area is 86.7 Å². The minimum absolute atomic E-state index is 0.152. The van der Waals surface area contributed by atoms with Crippen LogP contribution in [0.1, 0.15) is 48.5 Å². The van der Waals surface area contributed by atoms with Gasteiger partial charge < -0.3 is 10.2 Å². The van der Waals surface area contributed by atoms with Crippen LogP contribution >= 0.6 is 0 Å². The van der Waals surface area contributed by atoms with Gasteiger partial charge in [-0.3, -0.25) is 4.79 Å². The Hall–Kier alpha value is -1.52. The predicted octanol–water partition coefficient (Wildman–Crippen LogP) is 1.38. The van der Waals surface area contributed by atoms with Gasteiger partial charge in [0.1, 0.15) is 5.56 Å². The summed E-state index contributed by atoms with van der Waals surface area (Å²) in [5.74, 6) is -1.16. The molecule has 0 amide bonds. The fourth-order valence-electron chi connectivity index (χ4n) is 2.15. The normalized spacial score (nSPS) is 17.9. The summed E-state index contributed by atoms with van der Waals surface area (Å²) in [5, 5.41) is 11.5. The van der Waals surface area contributed by atoms with Crippen LogP contribution in [0.5, 0.6) is 0 Å². The number of hydrogen-bond donors (Lipinski definition) is 2. The highest BCUT2D eigenvalue weighted by atomic mass is 16.4. The molecule has 0 radical (unpaired) electrons. The maximum Gasteiger partial charge on any atom is 0.342 e. The molecule has 0 spiro atoms. The smallest absolute Gasteiger partial charge is 0.342 e. The molecule has 1 aromatic rings. The van der Waals surface area contributed by atoms with E-state index in [-0.39, 0.29) is 11.6 Å². The van der Waals surface area contributed by atoms with E-state index in [2.05, 4.69) is 5.10 Å². The van der Waals surface area contributed by atoms with E-state index in [9.17, 15) is 9.59 Å². The lowest BCUT2D eigenvalue weighted by atomic mass is 9.96. The molecule has 1 aromatic heterocycles. The molecule has 0 aliphatic heterocycles. The molecule has 1 saturated carbocycles. The number of H-pyrrole nitrogens is 1. The molecule has 2 rings (SSSR count). The van der Waals surface area contributed by atoms with Crippen molar-refractivity contribution < 1.29 is 9.90 Å². The first kappa shape index (κ1) is 10.0. The number of nitrogens with zero attached hydrogens (tertiary/aromatic N) is 1. The van der Waals surface area contributed by atoms with Gasteiger partial charge in [-0.05, 0) is 12.8 Å². The molecular weight excluding hydrogens is 196 g/mol. The number of nitrogens with one attached hydrogen (secondary N) is 1. The summed E-state index contributed by atoms with van der Waals surface area (Å²) in [7, 11) is 0. The zero-order valence-corrected chi connectivity index (χ0v) is 8.40. The summed E-state index contributed by atoms with van der Waals surface area (Å²) in [5.41, 5.74) is -0.574. The van der Waals surface area contributed by atoms with Crippen molar-refractivity contribution in [2.45, 2.75) is 38.1 Å². The van der Waals surface area contributed by atoms with E-state index in [0.29, 0.717) is 0 Å². The summed E-state index contributed by atoms with van der Waals surface area (Å²) >= 11 is 0. The molecule has 1 heterocycles. The van der Waals surface area contributed by atoms with Gasteiger partial charge >= 0.3 is 5.97 Å². The minimum Gasteiger partial charge on any atom is -0.477 e. The summed E-state index contributed by atoms with van der Waals surface area (Å²) < 4.78 is 1.46. The zero-order valence-electron chi connectivity index (χ0n) is 8.40. The maximum atomic E-state index is 11.7. The molecule has 0 unspecified atom stereocenters. The van der Waals surface area contributed by atoms with Gasteiger partial charge in [0.05, 0.1) is 6.04 Å². The van der Waals surface area contributed by atoms with E-state index in [0.717, 1.165) is 25.7 Å². The Bertz CT molecular complexity index is 413. The SMILES string of the molecule is O=C(O)c1c[nH]n(C2CCCCC2)c1=O. The van der Waals surface area contributed by atoms with E-state index in [4.69, 9.17) is 5.11 Å². The lowest BCUT2D eigenvalue weighted by Crippen LogP contribution is -2.26. The highest BCUT2D eigenvalue weighted by molar-refractivity contribution is 5.86. The van der Waals surface area contributed by atoms with E-state index in [1.165, 1.54) is 17.3 Å². The van der Waals surface area contributed by atoms with Gasteiger partial charge in [-0.15, -0.1) is 0 Å². The van der Waals surface area contributed by atoms with Crippen molar-refractivity contribution in [2.24, 2.45) is 0 Å². The number of carboxylic acid groups (broad SMARTS) is 1. The number of hydrogen-bond acceptors (Lipinski definition) is 2. The third kappa shape index (κ3) is 1.82. The molecular formula is C10H14N2O3. The first-order valence-electron chi connectivity index (χ1n) is 5.23. The summed E-state index contributed by atoms with van der Waals surface area (Å²) in [6.07, 6.45) is 6.62. The molecule has 1 fully saturated rings. The lowest BCUT2D eigenvalue weighted by molar-refractivity contribution is 0.0695. The Kier molecular flexibility index (Phi) is 2.62. The largest absolute Gasteiger partial charge is 0.477 e. The summed E-state index contributed by atoms with van der Waals surface area (Å²) in [6.45, 7) is 0. The second kappa shape index (κ2) is 3.92. The topological polar surface area (TPSA) is 75.1 Å². The molecule has 15 heavy (non-hydrogen) atoms. The van der Waals surface area contributed by atoms with Crippen LogP contribution in [-0.2, 0) is 0 Å². The van der Waals surface area contributed by atoms with Crippen LogP contribution in [0.4, 0.5) is 0 Å². The first-order chi connectivity index (χ1) is 7.20. The van der Waals surface area contributed by atoms with Crippen LogP contribution in [0.2, 0.25) is 0 Å². The molecule has 5 nitrogen and oxygen atoms in total. The first-order valence-corrected chi connectivity index (χ1v) is 5.23. The van der Waals surface area contributed by atoms with Crippen molar-refractivity contribution in [3.8, 4) is 0 Å². The standard InChI is InChI=1S/C10H14N2O3/c13-9-8(10(14)15)6-11-12(9)7-4-2-1-3-5-7/h6-7,11H,1-5H2,(H,14,15). The predicted molar refractivity (Wildman–Crippen MR) is 54.1 cm³/mol. The lowest BCUT2D eigenvalue weighted by Gasteiger charge is -2.21. The van der Waals surface area contributed by atoms with E-state index < -0.39 is 11.5 Å². The fourth-order valence-corrected chi connectivity index (χ4v) is 2.15. The Morgan fingerprint density at radius 1 is 1.40 bits per heavy atom. The molecule has 5 heteroatoms. The second-order valence-electron chi connectivity index (χ2n) is 3.96. The molecule has 82 valence electrons. The third-order valence-electron chi connectivity index (χ3n) is 2.97. The second-order valence-corrected chi connectivity index (χ2v) is 3.96.